The molecule has 2 saturated heterocycles. The van der Waals surface area contributed by atoms with E-state index in [1.165, 1.54) is 7.11 Å². The van der Waals surface area contributed by atoms with Gasteiger partial charge in [-0.1, -0.05) is 44.1 Å². The first-order valence-corrected chi connectivity index (χ1v) is 15.2. The van der Waals surface area contributed by atoms with Crippen LogP contribution in [0, 0.1) is 11.8 Å². The van der Waals surface area contributed by atoms with E-state index in [0.717, 1.165) is 57.8 Å². The fourth-order valence-electron chi connectivity index (χ4n) is 5.69. The Labute approximate surface area is 233 Å². The molecule has 0 bridgehead atoms. The highest BCUT2D eigenvalue weighted by atomic mass is 19.1. The SMILES string of the molecule is CCCCC(F)[C@@H](/C=C/[C@@H]1[C@@H](C/C=C\CCCC(=O)OC)[C@@H](F)C[C@H]1OC1CCCCO1)OC1CCCCO1. The monoisotopic (exact) mass is 556 g/mol. The molecule has 1 saturated carbocycles. The maximum absolute atomic E-state index is 15.4. The van der Waals surface area contributed by atoms with Gasteiger partial charge in [0.15, 0.2) is 12.6 Å². The molecule has 39 heavy (non-hydrogen) atoms. The highest BCUT2D eigenvalue weighted by Gasteiger charge is 2.43. The van der Waals surface area contributed by atoms with E-state index >= 15 is 8.78 Å². The summed E-state index contributed by atoms with van der Waals surface area (Å²) < 4.78 is 59.4. The van der Waals surface area contributed by atoms with E-state index in [1.807, 2.05) is 25.2 Å². The fraction of sp³-hybridized carbons (Fsp3) is 0.839. The van der Waals surface area contributed by atoms with Crippen LogP contribution in [-0.4, -0.2) is 63.4 Å². The third-order valence-electron chi connectivity index (χ3n) is 8.02. The molecule has 0 aromatic heterocycles. The van der Waals surface area contributed by atoms with Gasteiger partial charge in [-0.05, 0) is 64.2 Å². The second-order valence-electron chi connectivity index (χ2n) is 11.1. The summed E-state index contributed by atoms with van der Waals surface area (Å²) in [5.41, 5.74) is 0. The Bertz CT molecular complexity index is 735. The second-order valence-corrected chi connectivity index (χ2v) is 11.1. The van der Waals surface area contributed by atoms with Crippen molar-refractivity contribution in [1.82, 2.24) is 0 Å². The van der Waals surface area contributed by atoms with Crippen molar-refractivity contribution in [3.63, 3.8) is 0 Å². The molecule has 0 radical (unpaired) electrons. The highest BCUT2D eigenvalue weighted by molar-refractivity contribution is 5.69. The van der Waals surface area contributed by atoms with Gasteiger partial charge in [-0.2, -0.15) is 0 Å². The molecule has 0 N–H and O–H groups in total. The van der Waals surface area contributed by atoms with Gasteiger partial charge in [0.05, 0.1) is 13.2 Å². The van der Waals surface area contributed by atoms with Crippen molar-refractivity contribution in [2.24, 2.45) is 11.8 Å². The zero-order valence-corrected chi connectivity index (χ0v) is 23.9. The van der Waals surface area contributed by atoms with Crippen LogP contribution in [0.4, 0.5) is 8.78 Å². The lowest BCUT2D eigenvalue weighted by Gasteiger charge is -2.30. The average Bonchev–Trinajstić information content (AvgIpc) is 3.25. The number of hydrogen-bond donors (Lipinski definition) is 0. The van der Waals surface area contributed by atoms with Crippen LogP contribution < -0.4 is 0 Å². The van der Waals surface area contributed by atoms with Crippen LogP contribution in [0.25, 0.3) is 0 Å². The number of alkyl halides is 2. The van der Waals surface area contributed by atoms with E-state index in [-0.39, 0.29) is 30.2 Å². The number of allylic oxidation sites excluding steroid dienone is 2. The highest BCUT2D eigenvalue weighted by Crippen LogP contribution is 2.41. The second kappa shape index (κ2) is 18.2. The molecule has 2 aliphatic heterocycles. The number of esters is 1. The summed E-state index contributed by atoms with van der Waals surface area (Å²) in [6.07, 6.45) is 14.1. The molecule has 0 spiro atoms. The summed E-state index contributed by atoms with van der Waals surface area (Å²) in [7, 11) is 1.39. The zero-order chi connectivity index (χ0) is 27.9. The summed E-state index contributed by atoms with van der Waals surface area (Å²) >= 11 is 0. The first-order valence-electron chi connectivity index (χ1n) is 15.2. The minimum absolute atomic E-state index is 0.220. The molecule has 1 aliphatic carbocycles. The standard InChI is InChI=1S/C31H50F2O6/c1-3-4-14-25(32)27(38-30-16-9-11-20-36-30)19-18-24-23(13-7-5-6-8-15-29(34)35-2)26(33)22-28(24)39-31-17-10-12-21-37-31/h5,7,18-19,23-28,30-31H,3-4,6,8-17,20-22H2,1-2H3/b7-5-,19-18+/t23-,24-,25?,26+,27-,28-,30?,31?/m1/s1. The maximum atomic E-state index is 15.4. The normalized spacial score (nSPS) is 31.6. The molecule has 2 heterocycles. The predicted molar refractivity (Wildman–Crippen MR) is 147 cm³/mol. The number of carbonyl (C=O) groups excluding carboxylic acids is 1. The fourth-order valence-corrected chi connectivity index (χ4v) is 5.69. The topological polar surface area (TPSA) is 63.2 Å². The van der Waals surface area contributed by atoms with Crippen molar-refractivity contribution < 1.29 is 37.3 Å². The number of hydrogen-bond acceptors (Lipinski definition) is 6. The molecule has 0 aromatic rings. The molecule has 224 valence electrons. The van der Waals surface area contributed by atoms with Gasteiger partial charge in [0.2, 0.25) is 0 Å². The van der Waals surface area contributed by atoms with Crippen LogP contribution in [0.15, 0.2) is 24.3 Å². The average molecular weight is 557 g/mol. The molecule has 3 aliphatic rings. The lowest BCUT2D eigenvalue weighted by molar-refractivity contribution is -0.193. The molecule has 8 atom stereocenters. The largest absolute Gasteiger partial charge is 0.469 e. The van der Waals surface area contributed by atoms with Gasteiger partial charge in [-0.3, -0.25) is 4.79 Å². The Morgan fingerprint density at radius 3 is 2.46 bits per heavy atom. The minimum atomic E-state index is -1.15. The quantitative estimate of drug-likeness (QED) is 0.114. The molecule has 0 aromatic carbocycles. The Kier molecular flexibility index (Phi) is 15.0. The lowest BCUT2D eigenvalue weighted by atomic mass is 9.89. The summed E-state index contributed by atoms with van der Waals surface area (Å²) in [4.78, 5) is 11.3. The number of carbonyl (C=O) groups is 1. The predicted octanol–water partition coefficient (Wildman–Crippen LogP) is 7.16. The molecule has 6 nitrogen and oxygen atoms in total. The molecular formula is C31H50F2O6. The number of unbranched alkanes of at least 4 members (excludes halogenated alkanes) is 2. The molecule has 8 heteroatoms. The Hall–Kier alpha value is -1.35. The van der Waals surface area contributed by atoms with Crippen molar-refractivity contribution in [2.75, 3.05) is 20.3 Å². The Morgan fingerprint density at radius 1 is 1.05 bits per heavy atom. The Balaban J connectivity index is 1.69. The first kappa shape index (κ1) is 32.2. The zero-order valence-electron chi connectivity index (χ0n) is 23.9. The van der Waals surface area contributed by atoms with Crippen LogP contribution in [-0.2, 0) is 28.5 Å². The summed E-state index contributed by atoms with van der Waals surface area (Å²) in [5, 5.41) is 0. The summed E-state index contributed by atoms with van der Waals surface area (Å²) in [6.45, 7) is 3.34. The van der Waals surface area contributed by atoms with Crippen LogP contribution in [0.5, 0.6) is 0 Å². The van der Waals surface area contributed by atoms with Gasteiger partial charge in [0.25, 0.3) is 0 Å². The molecule has 0 amide bonds. The van der Waals surface area contributed by atoms with Gasteiger partial charge >= 0.3 is 5.97 Å². The van der Waals surface area contributed by atoms with Crippen molar-refractivity contribution in [2.45, 2.75) is 134 Å². The van der Waals surface area contributed by atoms with Crippen LogP contribution in [0.2, 0.25) is 0 Å². The summed E-state index contributed by atoms with van der Waals surface area (Å²) in [6, 6.07) is 0. The number of rotatable bonds is 16. The third kappa shape index (κ3) is 11.2. The number of ether oxygens (including phenoxy) is 5. The van der Waals surface area contributed by atoms with E-state index < -0.39 is 24.7 Å². The van der Waals surface area contributed by atoms with Crippen LogP contribution in [0.3, 0.4) is 0 Å². The van der Waals surface area contributed by atoms with Gasteiger partial charge in [0, 0.05) is 37.9 Å². The molecular weight excluding hydrogens is 506 g/mol. The van der Waals surface area contributed by atoms with E-state index in [4.69, 9.17) is 18.9 Å². The third-order valence-corrected chi connectivity index (χ3v) is 8.02. The van der Waals surface area contributed by atoms with Crippen molar-refractivity contribution >= 4 is 5.97 Å². The lowest BCUT2D eigenvalue weighted by Crippen LogP contribution is -2.33. The van der Waals surface area contributed by atoms with E-state index in [9.17, 15) is 4.79 Å². The summed E-state index contributed by atoms with van der Waals surface area (Å²) in [5.74, 6) is -0.729. The number of methoxy groups -OCH3 is 1. The van der Waals surface area contributed by atoms with Crippen LogP contribution in [0.1, 0.15) is 96.8 Å². The van der Waals surface area contributed by atoms with Crippen molar-refractivity contribution in [1.29, 1.82) is 0 Å². The van der Waals surface area contributed by atoms with E-state index in [0.29, 0.717) is 45.3 Å². The molecule has 3 fully saturated rings. The van der Waals surface area contributed by atoms with Gasteiger partial charge in [-0.15, -0.1) is 0 Å². The van der Waals surface area contributed by atoms with E-state index in [1.54, 1.807) is 6.08 Å². The van der Waals surface area contributed by atoms with Crippen LogP contribution >= 0.6 is 0 Å². The van der Waals surface area contributed by atoms with Crippen molar-refractivity contribution in [3.8, 4) is 0 Å². The van der Waals surface area contributed by atoms with Gasteiger partial charge in [-0.25, -0.2) is 8.78 Å². The smallest absolute Gasteiger partial charge is 0.305 e. The van der Waals surface area contributed by atoms with Crippen molar-refractivity contribution in [3.05, 3.63) is 24.3 Å². The maximum Gasteiger partial charge on any atom is 0.305 e. The Morgan fingerprint density at radius 2 is 1.79 bits per heavy atom. The minimum Gasteiger partial charge on any atom is -0.469 e. The van der Waals surface area contributed by atoms with Gasteiger partial charge in [0.1, 0.15) is 18.4 Å². The number of halogens is 2. The first-order chi connectivity index (χ1) is 19.0. The molecule has 3 rings (SSSR count). The molecule has 3 unspecified atom stereocenters. The van der Waals surface area contributed by atoms with E-state index in [2.05, 4.69) is 4.74 Å². The van der Waals surface area contributed by atoms with Gasteiger partial charge < -0.3 is 23.7 Å².